The normalized spacial score (nSPS) is 17.8. The minimum Gasteiger partial charge on any atom is -0.468 e. The van der Waals surface area contributed by atoms with Gasteiger partial charge in [0.1, 0.15) is 5.58 Å². The highest BCUT2D eigenvalue weighted by Gasteiger charge is 2.49. The summed E-state index contributed by atoms with van der Waals surface area (Å²) < 4.78 is 7.77. The van der Waals surface area contributed by atoms with Gasteiger partial charge >= 0.3 is 0 Å². The lowest BCUT2D eigenvalue weighted by Gasteiger charge is -2.45. The van der Waals surface area contributed by atoms with E-state index in [1.807, 2.05) is 0 Å². The Kier molecular flexibility index (Phi) is 11.3. The van der Waals surface area contributed by atoms with E-state index in [9.17, 15) is 0 Å². The molecule has 0 radical (unpaired) electrons. The average molecular weight is 1020 g/mol. The Morgan fingerprint density at radius 3 is 1.48 bits per heavy atom. The first kappa shape index (κ1) is 51.3. The van der Waals surface area contributed by atoms with Crippen LogP contribution in [0.2, 0.25) is 0 Å². The topological polar surface area (TPSA) is 22.9 Å². The zero-order valence-electron chi connectivity index (χ0n) is 49.4. The summed E-state index contributed by atoms with van der Waals surface area (Å²) in [7, 11) is 0. The predicted octanol–water partition coefficient (Wildman–Crippen LogP) is 18.6. The lowest BCUT2D eigenvalue weighted by molar-refractivity contribution is 0.332. The highest BCUT2D eigenvalue weighted by Crippen LogP contribution is 2.55. The molecule has 0 saturated heterocycles. The van der Waals surface area contributed by atoms with Crippen molar-refractivity contribution in [1.29, 1.82) is 0 Å². The maximum Gasteiger partial charge on any atom is 0.297 e. The number of anilines is 9. The molecule has 3 heterocycles. The number of benzene rings is 7. The van der Waals surface area contributed by atoms with E-state index < -0.39 is 0 Å². The van der Waals surface area contributed by atoms with Crippen molar-refractivity contribution < 1.29 is 4.42 Å². The molecule has 8 aromatic rings. The maximum atomic E-state index is 7.77. The second-order valence-electron chi connectivity index (χ2n) is 29.3. The van der Waals surface area contributed by atoms with E-state index in [1.165, 1.54) is 72.3 Å². The van der Waals surface area contributed by atoms with Crippen LogP contribution in [-0.4, -0.2) is 6.71 Å². The molecule has 0 N–H and O–H groups in total. The number of hydrogen-bond donors (Lipinski definition) is 0. The molecule has 0 fully saturated rings. The van der Waals surface area contributed by atoms with Crippen LogP contribution < -0.4 is 31.3 Å². The molecule has 2 aliphatic carbocycles. The maximum absolute atomic E-state index is 7.77. The van der Waals surface area contributed by atoms with E-state index in [-0.39, 0.29) is 44.6 Å². The van der Waals surface area contributed by atoms with Gasteiger partial charge in [-0.25, -0.2) is 0 Å². The van der Waals surface area contributed by atoms with Crippen molar-refractivity contribution in [2.45, 2.75) is 181 Å². The molecular formula is C72H82BN3O. The van der Waals surface area contributed by atoms with Crippen LogP contribution >= 0.6 is 0 Å². The smallest absolute Gasteiger partial charge is 0.297 e. The van der Waals surface area contributed by atoms with Gasteiger partial charge in [-0.05, 0) is 192 Å². The van der Waals surface area contributed by atoms with Gasteiger partial charge in [-0.1, -0.05) is 178 Å². The fourth-order valence-electron chi connectivity index (χ4n) is 13.6. The molecule has 0 spiro atoms. The van der Waals surface area contributed by atoms with Crippen LogP contribution in [0.15, 0.2) is 144 Å². The summed E-state index contributed by atoms with van der Waals surface area (Å²) in [6.07, 6.45) is 4.57. The van der Waals surface area contributed by atoms with Gasteiger partial charge in [0.05, 0.1) is 17.0 Å². The van der Waals surface area contributed by atoms with Gasteiger partial charge in [0.25, 0.3) is 6.71 Å². The molecule has 0 atom stereocenters. The first-order chi connectivity index (χ1) is 36.0. The van der Waals surface area contributed by atoms with E-state index >= 15 is 0 Å². The molecule has 1 aromatic heterocycles. The quantitative estimate of drug-likeness (QED) is 0.160. The third kappa shape index (κ3) is 8.30. The summed E-state index contributed by atoms with van der Waals surface area (Å²) >= 11 is 0. The highest BCUT2D eigenvalue weighted by molar-refractivity contribution is 7.00. The summed E-state index contributed by atoms with van der Waals surface area (Å²) in [6, 6.07) is 54.5. The molecule has 4 nitrogen and oxygen atoms in total. The first-order valence-corrected chi connectivity index (χ1v) is 28.8. The lowest BCUT2D eigenvalue weighted by Crippen LogP contribution is -2.61. The van der Waals surface area contributed by atoms with Gasteiger partial charge in [-0.15, -0.1) is 0 Å². The minimum absolute atomic E-state index is 0.00191. The van der Waals surface area contributed by atoms with Gasteiger partial charge < -0.3 is 19.1 Å². The summed E-state index contributed by atoms with van der Waals surface area (Å²) in [4.78, 5) is 7.71. The lowest BCUT2D eigenvalue weighted by atomic mass is 9.35. The zero-order chi connectivity index (χ0) is 54.7. The van der Waals surface area contributed by atoms with Crippen LogP contribution in [0.4, 0.5) is 51.2 Å². The Hall–Kier alpha value is -6.46. The Labute approximate surface area is 462 Å². The highest BCUT2D eigenvalue weighted by atomic mass is 16.3. The van der Waals surface area contributed by atoms with E-state index in [1.54, 1.807) is 0 Å². The predicted molar refractivity (Wildman–Crippen MR) is 332 cm³/mol. The SMILES string of the molecule is CC(C)(C)c1ccc(N(c2ccccc2)c2cc3c4c(c2)N(c2ccc5c(c2)C(C)(C)CCC5(C)C)c2c(oc5cc6c(cc25)C(C)(C)CCC6(C)C)B4c2cc(C(C)(C)C)ccc2N3c2ccc(C(C)(C)C)cc2)cc1. The van der Waals surface area contributed by atoms with Gasteiger partial charge in [0.15, 0.2) is 0 Å². The van der Waals surface area contributed by atoms with E-state index in [2.05, 4.69) is 272 Å². The standard InChI is InChI=1S/C72H82BN3O/c1-66(2,3)45-23-28-49(29-24-45)74(48-21-19-18-20-22-48)52-41-60-63-61(42-52)76(51-32-33-54-55(40-51)70(12,13)36-35-69(54,10)11)64-53-43-56-57(72(16,17)38-37-71(56,14)15)44-62(53)77-65(64)73(63)58-39-47(68(7,8)9)27-34-59(58)75(60)50-30-25-46(26-31-50)67(4,5)6/h18-34,39-44H,35-38H2,1-17H3. The largest absolute Gasteiger partial charge is 0.468 e. The van der Waals surface area contributed by atoms with E-state index in [4.69, 9.17) is 4.42 Å². The van der Waals surface area contributed by atoms with Crippen LogP contribution in [0.1, 0.15) is 182 Å². The van der Waals surface area contributed by atoms with Gasteiger partial charge in [0.2, 0.25) is 0 Å². The van der Waals surface area contributed by atoms with Crippen molar-refractivity contribution >= 4 is 85.5 Å². The van der Waals surface area contributed by atoms with Crippen molar-refractivity contribution in [2.24, 2.45) is 0 Å². The van der Waals surface area contributed by atoms with Gasteiger partial charge in [-0.3, -0.25) is 0 Å². The number of hydrogen-bond acceptors (Lipinski definition) is 4. The molecule has 0 bridgehead atoms. The molecule has 0 saturated carbocycles. The van der Waals surface area contributed by atoms with Crippen molar-refractivity contribution in [3.63, 3.8) is 0 Å². The Balaban J connectivity index is 1.25. The van der Waals surface area contributed by atoms with Crippen LogP contribution in [0.25, 0.3) is 11.0 Å². The second kappa shape index (κ2) is 17.0. The van der Waals surface area contributed by atoms with Crippen LogP contribution in [0.5, 0.6) is 0 Å². The van der Waals surface area contributed by atoms with Crippen molar-refractivity contribution in [3.8, 4) is 0 Å². The van der Waals surface area contributed by atoms with Gasteiger partial charge in [0, 0.05) is 45.2 Å². The van der Waals surface area contributed by atoms with Crippen molar-refractivity contribution in [3.05, 3.63) is 178 Å². The molecule has 12 rings (SSSR count). The summed E-state index contributed by atoms with van der Waals surface area (Å²) in [5.41, 5.74) is 24.5. The Morgan fingerprint density at radius 2 is 0.909 bits per heavy atom. The fraction of sp³-hybridized carbons (Fsp3) is 0.389. The Morgan fingerprint density at radius 1 is 0.429 bits per heavy atom. The second-order valence-corrected chi connectivity index (χ2v) is 29.3. The number of furan rings is 1. The summed E-state index contributed by atoms with van der Waals surface area (Å²) in [5.74, 6) is 0. The van der Waals surface area contributed by atoms with Crippen LogP contribution in [-0.2, 0) is 37.9 Å². The molecule has 0 unspecified atom stereocenters. The van der Waals surface area contributed by atoms with Crippen molar-refractivity contribution in [1.82, 2.24) is 0 Å². The van der Waals surface area contributed by atoms with E-state index in [0.717, 1.165) is 71.1 Å². The molecule has 4 aliphatic rings. The third-order valence-electron chi connectivity index (χ3n) is 18.8. The number of para-hydroxylation sites is 1. The molecule has 5 heteroatoms. The molecule has 7 aromatic carbocycles. The number of nitrogens with zero attached hydrogens (tertiary/aromatic N) is 3. The number of rotatable bonds is 5. The Bertz CT molecular complexity index is 3640. The molecule has 394 valence electrons. The zero-order valence-corrected chi connectivity index (χ0v) is 49.4. The van der Waals surface area contributed by atoms with Crippen LogP contribution in [0, 0.1) is 0 Å². The van der Waals surface area contributed by atoms with Crippen LogP contribution in [0.3, 0.4) is 0 Å². The van der Waals surface area contributed by atoms with E-state index in [0.29, 0.717) is 0 Å². The van der Waals surface area contributed by atoms with Crippen molar-refractivity contribution in [2.75, 3.05) is 14.7 Å². The molecule has 2 aliphatic heterocycles. The average Bonchev–Trinajstić information content (AvgIpc) is 3.92. The first-order valence-electron chi connectivity index (χ1n) is 28.8. The number of fused-ring (bicyclic) bond motifs is 8. The minimum atomic E-state index is -0.197. The molecular weight excluding hydrogens is 934 g/mol. The summed E-state index contributed by atoms with van der Waals surface area (Å²) in [6.45, 7) is 40.3. The monoisotopic (exact) mass is 1020 g/mol. The third-order valence-corrected chi connectivity index (χ3v) is 18.8. The molecule has 77 heavy (non-hydrogen) atoms. The van der Waals surface area contributed by atoms with Gasteiger partial charge in [-0.2, -0.15) is 0 Å². The fourth-order valence-corrected chi connectivity index (χ4v) is 13.6. The summed E-state index contributed by atoms with van der Waals surface area (Å²) in [5, 5.41) is 1.19. The molecule has 0 amide bonds.